The summed E-state index contributed by atoms with van der Waals surface area (Å²) < 4.78 is 0. The van der Waals surface area contributed by atoms with Gasteiger partial charge in [-0.2, -0.15) is 0 Å². The van der Waals surface area contributed by atoms with E-state index in [0.29, 0.717) is 5.69 Å². The van der Waals surface area contributed by atoms with Crippen molar-refractivity contribution in [2.24, 2.45) is 5.92 Å². The summed E-state index contributed by atoms with van der Waals surface area (Å²) in [5.74, 6) is -1.69. The molecule has 2 fully saturated rings. The zero-order valence-electron chi connectivity index (χ0n) is 13.7. The van der Waals surface area contributed by atoms with E-state index < -0.39 is 17.9 Å². The summed E-state index contributed by atoms with van der Waals surface area (Å²) in [6, 6.07) is 8.20. The Balaban J connectivity index is 1.99. The van der Waals surface area contributed by atoms with Gasteiger partial charge in [0.15, 0.2) is 0 Å². The molecule has 2 aliphatic rings. The standard InChI is InChI=1S/C19H22N2O3/c1-2-9-16-17(22)20(14-10-5-3-6-11-14)19(24)21(18(16)23)15-12-7-4-8-13-15/h2-3,5-6,10-11,15-16H,1,4,7-9,12-13H2. The van der Waals surface area contributed by atoms with Gasteiger partial charge in [0, 0.05) is 6.04 Å². The molecule has 1 aliphatic carbocycles. The molecule has 5 nitrogen and oxygen atoms in total. The average molecular weight is 326 g/mol. The zero-order valence-corrected chi connectivity index (χ0v) is 13.7. The lowest BCUT2D eigenvalue weighted by Crippen LogP contribution is -2.62. The third kappa shape index (κ3) is 2.86. The van der Waals surface area contributed by atoms with Crippen molar-refractivity contribution >= 4 is 23.5 Å². The molecule has 4 amide bonds. The van der Waals surface area contributed by atoms with Crippen molar-refractivity contribution < 1.29 is 14.4 Å². The van der Waals surface area contributed by atoms with Gasteiger partial charge in [-0.15, -0.1) is 6.58 Å². The molecular formula is C19H22N2O3. The van der Waals surface area contributed by atoms with Crippen LogP contribution in [0, 0.1) is 5.92 Å². The van der Waals surface area contributed by atoms with E-state index in [0.717, 1.165) is 37.0 Å². The van der Waals surface area contributed by atoms with Crippen LogP contribution < -0.4 is 4.90 Å². The van der Waals surface area contributed by atoms with Gasteiger partial charge in [0.2, 0.25) is 11.8 Å². The number of anilines is 1. The first-order valence-electron chi connectivity index (χ1n) is 8.52. The molecule has 1 heterocycles. The van der Waals surface area contributed by atoms with Crippen LogP contribution in [-0.2, 0) is 9.59 Å². The Kier molecular flexibility index (Phi) is 4.79. The summed E-state index contributed by atoms with van der Waals surface area (Å²) in [7, 11) is 0. The highest BCUT2D eigenvalue weighted by atomic mass is 16.2. The van der Waals surface area contributed by atoms with Crippen LogP contribution in [0.5, 0.6) is 0 Å². The quantitative estimate of drug-likeness (QED) is 0.628. The smallest absolute Gasteiger partial charge is 0.273 e. The van der Waals surface area contributed by atoms with Gasteiger partial charge >= 0.3 is 6.03 Å². The van der Waals surface area contributed by atoms with E-state index in [4.69, 9.17) is 0 Å². The molecule has 0 N–H and O–H groups in total. The summed E-state index contributed by atoms with van der Waals surface area (Å²) in [6.07, 6.45) is 6.59. The number of para-hydroxylation sites is 1. The van der Waals surface area contributed by atoms with Crippen molar-refractivity contribution in [1.82, 2.24) is 4.90 Å². The topological polar surface area (TPSA) is 57.7 Å². The number of carbonyl (C=O) groups excluding carboxylic acids is 3. The number of allylic oxidation sites excluding steroid dienone is 1. The van der Waals surface area contributed by atoms with Gasteiger partial charge in [-0.3, -0.25) is 14.5 Å². The first kappa shape index (κ1) is 16.4. The summed E-state index contributed by atoms with van der Waals surface area (Å²) in [6.45, 7) is 3.65. The lowest BCUT2D eigenvalue weighted by atomic mass is 9.91. The lowest BCUT2D eigenvalue weighted by Gasteiger charge is -2.41. The number of amides is 4. The van der Waals surface area contributed by atoms with E-state index in [1.54, 1.807) is 30.3 Å². The van der Waals surface area contributed by atoms with Crippen LogP contribution in [-0.4, -0.2) is 28.8 Å². The van der Waals surface area contributed by atoms with Crippen LogP contribution >= 0.6 is 0 Å². The first-order valence-corrected chi connectivity index (χ1v) is 8.52. The highest BCUT2D eigenvalue weighted by Gasteiger charge is 2.48. The summed E-state index contributed by atoms with van der Waals surface area (Å²) in [4.78, 5) is 41.1. The van der Waals surface area contributed by atoms with Crippen molar-refractivity contribution in [2.45, 2.75) is 44.6 Å². The number of benzene rings is 1. The maximum absolute atomic E-state index is 13.0. The van der Waals surface area contributed by atoms with Crippen LogP contribution in [0.1, 0.15) is 38.5 Å². The Labute approximate surface area is 141 Å². The first-order chi connectivity index (χ1) is 11.6. The third-order valence-corrected chi connectivity index (χ3v) is 4.81. The molecule has 1 atom stereocenters. The second-order valence-electron chi connectivity index (χ2n) is 6.37. The zero-order chi connectivity index (χ0) is 17.1. The normalized spacial score (nSPS) is 22.8. The number of hydrogen-bond donors (Lipinski definition) is 0. The molecule has 126 valence electrons. The summed E-state index contributed by atoms with van der Waals surface area (Å²) >= 11 is 0. The van der Waals surface area contributed by atoms with E-state index in [1.807, 2.05) is 6.07 Å². The molecule has 0 bridgehead atoms. The average Bonchev–Trinajstić information content (AvgIpc) is 2.61. The Hall–Kier alpha value is -2.43. The van der Waals surface area contributed by atoms with Gasteiger partial charge in [-0.05, 0) is 31.4 Å². The van der Waals surface area contributed by atoms with Gasteiger partial charge in [0.05, 0.1) is 5.69 Å². The van der Waals surface area contributed by atoms with Gasteiger partial charge in [-0.1, -0.05) is 43.5 Å². The van der Waals surface area contributed by atoms with Crippen LogP contribution in [0.3, 0.4) is 0 Å². The fourth-order valence-electron chi connectivity index (χ4n) is 3.58. The van der Waals surface area contributed by atoms with Crippen LogP contribution in [0.2, 0.25) is 0 Å². The molecule has 24 heavy (non-hydrogen) atoms. The molecule has 1 aromatic rings. The van der Waals surface area contributed by atoms with Crippen molar-refractivity contribution in [3.63, 3.8) is 0 Å². The monoisotopic (exact) mass is 326 g/mol. The van der Waals surface area contributed by atoms with E-state index >= 15 is 0 Å². The van der Waals surface area contributed by atoms with E-state index in [2.05, 4.69) is 6.58 Å². The molecule has 1 aliphatic heterocycles. The Morgan fingerprint density at radius 1 is 1.00 bits per heavy atom. The molecule has 3 rings (SSSR count). The van der Waals surface area contributed by atoms with Gasteiger partial charge in [0.1, 0.15) is 5.92 Å². The molecule has 0 radical (unpaired) electrons. The van der Waals surface area contributed by atoms with Crippen molar-refractivity contribution in [1.29, 1.82) is 0 Å². The second kappa shape index (κ2) is 6.99. The number of barbiturate groups is 1. The van der Waals surface area contributed by atoms with E-state index in [1.165, 1.54) is 4.90 Å². The van der Waals surface area contributed by atoms with E-state index in [-0.39, 0.29) is 18.4 Å². The summed E-state index contributed by atoms with van der Waals surface area (Å²) in [5, 5.41) is 0. The number of hydrogen-bond acceptors (Lipinski definition) is 3. The highest BCUT2D eigenvalue weighted by molar-refractivity contribution is 6.27. The molecule has 1 unspecified atom stereocenters. The maximum Gasteiger partial charge on any atom is 0.338 e. The van der Waals surface area contributed by atoms with Gasteiger partial charge in [0.25, 0.3) is 0 Å². The predicted molar refractivity (Wildman–Crippen MR) is 91.3 cm³/mol. The largest absolute Gasteiger partial charge is 0.338 e. The van der Waals surface area contributed by atoms with Crippen LogP contribution in [0.15, 0.2) is 43.0 Å². The minimum absolute atomic E-state index is 0.106. The maximum atomic E-state index is 13.0. The van der Waals surface area contributed by atoms with Gasteiger partial charge in [-0.25, -0.2) is 9.69 Å². The minimum atomic E-state index is -0.859. The molecule has 1 saturated carbocycles. The lowest BCUT2D eigenvalue weighted by molar-refractivity contribution is -0.142. The highest BCUT2D eigenvalue weighted by Crippen LogP contribution is 2.32. The second-order valence-corrected chi connectivity index (χ2v) is 6.37. The molecule has 5 heteroatoms. The number of carbonyl (C=O) groups is 3. The SMILES string of the molecule is C=CCC1C(=O)N(c2ccccc2)C(=O)N(C2CCCCC2)C1=O. The Morgan fingerprint density at radius 3 is 2.29 bits per heavy atom. The molecule has 0 aromatic heterocycles. The Morgan fingerprint density at radius 2 is 1.67 bits per heavy atom. The number of nitrogens with zero attached hydrogens (tertiary/aromatic N) is 2. The van der Waals surface area contributed by atoms with Crippen LogP contribution in [0.25, 0.3) is 0 Å². The molecular weight excluding hydrogens is 304 g/mol. The van der Waals surface area contributed by atoms with Crippen molar-refractivity contribution in [3.8, 4) is 0 Å². The fourth-order valence-corrected chi connectivity index (χ4v) is 3.58. The Bertz CT molecular complexity index is 650. The molecule has 0 spiro atoms. The summed E-state index contributed by atoms with van der Waals surface area (Å²) in [5.41, 5.74) is 0.509. The minimum Gasteiger partial charge on any atom is -0.273 e. The molecule has 1 aromatic carbocycles. The van der Waals surface area contributed by atoms with Crippen molar-refractivity contribution in [3.05, 3.63) is 43.0 Å². The van der Waals surface area contributed by atoms with E-state index in [9.17, 15) is 14.4 Å². The number of imide groups is 2. The third-order valence-electron chi connectivity index (χ3n) is 4.81. The predicted octanol–water partition coefficient (Wildman–Crippen LogP) is 3.51. The number of urea groups is 1. The van der Waals surface area contributed by atoms with Crippen molar-refractivity contribution in [2.75, 3.05) is 4.90 Å². The molecule has 1 saturated heterocycles. The van der Waals surface area contributed by atoms with Crippen LogP contribution in [0.4, 0.5) is 10.5 Å². The van der Waals surface area contributed by atoms with Gasteiger partial charge < -0.3 is 0 Å². The fraction of sp³-hybridized carbons (Fsp3) is 0.421. The number of rotatable bonds is 4.